The van der Waals surface area contributed by atoms with E-state index in [1.54, 1.807) is 6.33 Å². The molecule has 2 aromatic rings. The second kappa shape index (κ2) is 7.45. The fraction of sp³-hybridized carbons (Fsp3) is 0.526. The maximum Gasteiger partial charge on any atom is 0.243 e. The number of hydrogen-bond acceptors (Lipinski definition) is 5. The van der Waals surface area contributed by atoms with Crippen LogP contribution in [0.4, 0.5) is 5.82 Å². The second-order valence-corrected chi connectivity index (χ2v) is 7.05. The van der Waals surface area contributed by atoms with Crippen molar-refractivity contribution in [3.63, 3.8) is 0 Å². The summed E-state index contributed by atoms with van der Waals surface area (Å²) in [6, 6.07) is 0.115. The van der Waals surface area contributed by atoms with Gasteiger partial charge in [0.2, 0.25) is 5.91 Å². The van der Waals surface area contributed by atoms with E-state index in [0.29, 0.717) is 5.92 Å². The van der Waals surface area contributed by atoms with Crippen LogP contribution < -0.4 is 10.2 Å². The van der Waals surface area contributed by atoms with E-state index in [9.17, 15) is 4.79 Å². The molecule has 4 heterocycles. The highest BCUT2D eigenvalue weighted by Gasteiger charge is 2.27. The minimum atomic E-state index is -0.116. The number of aromatic amines is 1. The Hall–Kier alpha value is -2.41. The molecule has 26 heavy (non-hydrogen) atoms. The molecule has 1 atom stereocenters. The summed E-state index contributed by atoms with van der Waals surface area (Å²) in [5.74, 6) is 1.33. The third-order valence-electron chi connectivity index (χ3n) is 5.39. The predicted molar refractivity (Wildman–Crippen MR) is 100 cm³/mol. The van der Waals surface area contributed by atoms with Gasteiger partial charge < -0.3 is 19.9 Å². The van der Waals surface area contributed by atoms with Crippen LogP contribution in [0.2, 0.25) is 0 Å². The first kappa shape index (κ1) is 17.0. The van der Waals surface area contributed by atoms with Gasteiger partial charge in [-0.25, -0.2) is 9.97 Å². The van der Waals surface area contributed by atoms with Crippen molar-refractivity contribution in [1.29, 1.82) is 0 Å². The molecule has 4 rings (SSSR count). The van der Waals surface area contributed by atoms with Crippen molar-refractivity contribution in [2.75, 3.05) is 31.2 Å². The molecular formula is C19H25N5O2. The number of anilines is 1. The van der Waals surface area contributed by atoms with Crippen LogP contribution in [0.1, 0.15) is 37.2 Å². The number of nitrogens with zero attached hydrogens (tertiary/aromatic N) is 3. The van der Waals surface area contributed by atoms with Gasteiger partial charge in [-0.2, -0.15) is 0 Å². The molecule has 2 aromatic heterocycles. The van der Waals surface area contributed by atoms with Crippen molar-refractivity contribution in [2.24, 2.45) is 0 Å². The standard InChI is InChI=1S/C19H25N5O2/c1-2-16(25)23-14-4-3-7-24(11-14)19-17-15(13-5-8-26-9-6-13)10-20-18(17)21-12-22-19/h2,10,12-14H,1,3-9,11H2,(H,23,25)(H,20,21,22)/t14-/m0/s1. The summed E-state index contributed by atoms with van der Waals surface area (Å²) in [5, 5.41) is 4.14. The minimum Gasteiger partial charge on any atom is -0.381 e. The van der Waals surface area contributed by atoms with Crippen LogP contribution >= 0.6 is 0 Å². The first-order valence-corrected chi connectivity index (χ1v) is 9.34. The Bertz CT molecular complexity index is 796. The molecule has 7 heteroatoms. The van der Waals surface area contributed by atoms with Gasteiger partial charge in [-0.1, -0.05) is 6.58 Å². The number of nitrogens with one attached hydrogen (secondary N) is 2. The number of carbonyl (C=O) groups excluding carboxylic acids is 1. The Morgan fingerprint density at radius 1 is 1.35 bits per heavy atom. The van der Waals surface area contributed by atoms with Crippen LogP contribution in [-0.4, -0.2) is 53.2 Å². The highest BCUT2D eigenvalue weighted by molar-refractivity contribution is 5.91. The third-order valence-corrected chi connectivity index (χ3v) is 5.39. The van der Waals surface area contributed by atoms with Gasteiger partial charge in [0.05, 0.1) is 5.39 Å². The second-order valence-electron chi connectivity index (χ2n) is 7.05. The molecule has 2 aliphatic rings. The van der Waals surface area contributed by atoms with Crippen molar-refractivity contribution < 1.29 is 9.53 Å². The molecule has 0 spiro atoms. The monoisotopic (exact) mass is 355 g/mol. The third kappa shape index (κ3) is 3.31. The van der Waals surface area contributed by atoms with Gasteiger partial charge in [-0.15, -0.1) is 0 Å². The lowest BCUT2D eigenvalue weighted by Crippen LogP contribution is -2.47. The normalized spacial score (nSPS) is 21.7. The summed E-state index contributed by atoms with van der Waals surface area (Å²) < 4.78 is 5.52. The average molecular weight is 355 g/mol. The zero-order valence-corrected chi connectivity index (χ0v) is 14.9. The summed E-state index contributed by atoms with van der Waals surface area (Å²) in [5.41, 5.74) is 2.17. The van der Waals surface area contributed by atoms with Gasteiger partial charge in [-0.3, -0.25) is 4.79 Å². The number of piperidine rings is 1. The zero-order chi connectivity index (χ0) is 17.9. The fourth-order valence-electron chi connectivity index (χ4n) is 4.09. The fourth-order valence-corrected chi connectivity index (χ4v) is 4.09. The highest BCUT2D eigenvalue weighted by atomic mass is 16.5. The maximum atomic E-state index is 11.7. The Labute approximate surface area is 152 Å². The smallest absolute Gasteiger partial charge is 0.243 e. The molecule has 0 radical (unpaired) electrons. The van der Waals surface area contributed by atoms with Crippen molar-refractivity contribution in [1.82, 2.24) is 20.3 Å². The average Bonchev–Trinajstić information content (AvgIpc) is 3.13. The van der Waals surface area contributed by atoms with Gasteiger partial charge >= 0.3 is 0 Å². The molecule has 0 aliphatic carbocycles. The van der Waals surface area contributed by atoms with E-state index in [1.807, 2.05) is 0 Å². The van der Waals surface area contributed by atoms with Crippen LogP contribution in [0, 0.1) is 0 Å². The molecule has 138 valence electrons. The van der Waals surface area contributed by atoms with Crippen LogP contribution in [0.15, 0.2) is 25.2 Å². The molecule has 0 unspecified atom stereocenters. The van der Waals surface area contributed by atoms with Crippen LogP contribution in [-0.2, 0) is 9.53 Å². The van der Waals surface area contributed by atoms with Crippen molar-refractivity contribution in [2.45, 2.75) is 37.6 Å². The van der Waals surface area contributed by atoms with E-state index in [2.05, 4.69) is 37.9 Å². The van der Waals surface area contributed by atoms with Crippen molar-refractivity contribution >= 4 is 22.8 Å². The van der Waals surface area contributed by atoms with Gasteiger partial charge in [0.25, 0.3) is 0 Å². The van der Waals surface area contributed by atoms with Gasteiger partial charge in [0, 0.05) is 38.5 Å². The first-order valence-electron chi connectivity index (χ1n) is 9.34. The first-order chi connectivity index (χ1) is 12.8. The topological polar surface area (TPSA) is 83.1 Å². The van der Waals surface area contributed by atoms with Crippen molar-refractivity contribution in [3.05, 3.63) is 30.7 Å². The van der Waals surface area contributed by atoms with E-state index in [-0.39, 0.29) is 11.9 Å². The lowest BCUT2D eigenvalue weighted by Gasteiger charge is -2.34. The lowest BCUT2D eigenvalue weighted by atomic mass is 9.91. The molecular weight excluding hydrogens is 330 g/mol. The minimum absolute atomic E-state index is 0.115. The molecule has 0 saturated carbocycles. The summed E-state index contributed by atoms with van der Waals surface area (Å²) >= 11 is 0. The Morgan fingerprint density at radius 2 is 2.19 bits per heavy atom. The summed E-state index contributed by atoms with van der Waals surface area (Å²) in [6.45, 7) is 6.84. The molecule has 1 amide bonds. The van der Waals surface area contributed by atoms with Crippen molar-refractivity contribution in [3.8, 4) is 0 Å². The number of rotatable bonds is 4. The number of aromatic nitrogens is 3. The van der Waals surface area contributed by atoms with Crippen LogP contribution in [0.3, 0.4) is 0 Å². The summed E-state index contributed by atoms with van der Waals surface area (Å²) in [4.78, 5) is 26.3. The highest BCUT2D eigenvalue weighted by Crippen LogP contribution is 2.36. The van der Waals surface area contributed by atoms with Crippen LogP contribution in [0.5, 0.6) is 0 Å². The number of amides is 1. The van der Waals surface area contributed by atoms with Gasteiger partial charge in [0.1, 0.15) is 17.8 Å². The maximum absolute atomic E-state index is 11.7. The molecule has 2 aliphatic heterocycles. The predicted octanol–water partition coefficient (Wildman–Crippen LogP) is 2.12. The van der Waals surface area contributed by atoms with E-state index < -0.39 is 0 Å². The van der Waals surface area contributed by atoms with E-state index in [1.165, 1.54) is 11.6 Å². The lowest BCUT2D eigenvalue weighted by molar-refractivity contribution is -0.117. The Balaban J connectivity index is 1.64. The molecule has 2 N–H and O–H groups in total. The molecule has 2 fully saturated rings. The Morgan fingerprint density at radius 3 is 3.00 bits per heavy atom. The molecule has 2 saturated heterocycles. The number of ether oxygens (including phenoxy) is 1. The number of fused-ring (bicyclic) bond motifs is 1. The Kier molecular flexibility index (Phi) is 4.88. The quantitative estimate of drug-likeness (QED) is 0.821. The van der Waals surface area contributed by atoms with Gasteiger partial charge in [0.15, 0.2) is 0 Å². The van der Waals surface area contributed by atoms with E-state index in [4.69, 9.17) is 4.74 Å². The van der Waals surface area contributed by atoms with E-state index >= 15 is 0 Å². The zero-order valence-electron chi connectivity index (χ0n) is 14.9. The summed E-state index contributed by atoms with van der Waals surface area (Å²) in [6.07, 6.45) is 9.08. The number of hydrogen-bond donors (Lipinski definition) is 2. The van der Waals surface area contributed by atoms with Crippen LogP contribution in [0.25, 0.3) is 11.0 Å². The SMILES string of the molecule is C=CC(=O)N[C@H]1CCCN(c2ncnc3[nH]cc(C4CCOCC4)c23)C1. The molecule has 0 aromatic carbocycles. The van der Waals surface area contributed by atoms with E-state index in [0.717, 1.165) is 68.8 Å². The largest absolute Gasteiger partial charge is 0.381 e. The molecule has 7 nitrogen and oxygen atoms in total. The van der Waals surface area contributed by atoms with Gasteiger partial charge in [-0.05, 0) is 43.2 Å². The number of H-pyrrole nitrogens is 1. The number of carbonyl (C=O) groups is 1. The summed E-state index contributed by atoms with van der Waals surface area (Å²) in [7, 11) is 0. The molecule has 0 bridgehead atoms.